The molecule has 3 N–H and O–H groups in total. The average Bonchev–Trinajstić information content (AvgIpc) is 3.51. The van der Waals surface area contributed by atoms with Crippen molar-refractivity contribution in [1.82, 2.24) is 14.5 Å². The lowest BCUT2D eigenvalue weighted by atomic mass is 10.1. The van der Waals surface area contributed by atoms with Crippen LogP contribution in [0.5, 0.6) is 0 Å². The molecule has 156 valence electrons. The molecule has 2 aromatic heterocycles. The fourth-order valence-electron chi connectivity index (χ4n) is 3.82. The van der Waals surface area contributed by atoms with Crippen molar-refractivity contribution in [2.45, 2.75) is 26.3 Å². The van der Waals surface area contributed by atoms with Crippen molar-refractivity contribution in [3.63, 3.8) is 0 Å². The number of benzene rings is 1. The first kappa shape index (κ1) is 18.9. The van der Waals surface area contributed by atoms with E-state index in [9.17, 15) is 0 Å². The van der Waals surface area contributed by atoms with Crippen LogP contribution >= 0.6 is 0 Å². The van der Waals surface area contributed by atoms with E-state index in [1.54, 1.807) is 0 Å². The lowest BCUT2D eigenvalue weighted by Crippen LogP contribution is -2.36. The van der Waals surface area contributed by atoms with Gasteiger partial charge in [-0.3, -0.25) is 5.43 Å². The van der Waals surface area contributed by atoms with E-state index in [1.807, 2.05) is 43.6 Å². The van der Waals surface area contributed by atoms with Gasteiger partial charge in [0.2, 0.25) is 0 Å². The highest BCUT2D eigenvalue weighted by molar-refractivity contribution is 5.98. The van der Waals surface area contributed by atoms with Gasteiger partial charge in [-0.15, -0.1) is 0 Å². The van der Waals surface area contributed by atoms with E-state index < -0.39 is 0 Å². The maximum atomic E-state index is 6.20. The molecule has 30 heavy (non-hydrogen) atoms. The minimum Gasteiger partial charge on any atom is -0.382 e. The van der Waals surface area contributed by atoms with E-state index in [0.717, 1.165) is 53.5 Å². The average molecular weight is 406 g/mol. The van der Waals surface area contributed by atoms with Crippen molar-refractivity contribution in [3.8, 4) is 0 Å². The van der Waals surface area contributed by atoms with Crippen LogP contribution in [0.2, 0.25) is 0 Å². The Morgan fingerprint density at radius 1 is 1.27 bits per heavy atom. The molecule has 0 bridgehead atoms. The van der Waals surface area contributed by atoms with Crippen LogP contribution in [-0.2, 0) is 11.3 Å². The Labute approximate surface area is 175 Å². The van der Waals surface area contributed by atoms with Crippen LogP contribution in [0.25, 0.3) is 11.2 Å². The molecule has 8 heteroatoms. The maximum Gasteiger partial charge on any atom is 0.164 e. The molecule has 3 heterocycles. The third-order valence-corrected chi connectivity index (χ3v) is 5.66. The van der Waals surface area contributed by atoms with Gasteiger partial charge >= 0.3 is 0 Å². The van der Waals surface area contributed by atoms with Gasteiger partial charge in [0.15, 0.2) is 17.3 Å². The molecule has 5 rings (SSSR count). The second-order valence-corrected chi connectivity index (χ2v) is 8.12. The zero-order chi connectivity index (χ0) is 20.5. The van der Waals surface area contributed by atoms with Crippen molar-refractivity contribution < 1.29 is 4.74 Å². The summed E-state index contributed by atoms with van der Waals surface area (Å²) in [7, 11) is 0. The molecule has 0 unspecified atom stereocenters. The van der Waals surface area contributed by atoms with Crippen LogP contribution in [0.1, 0.15) is 24.0 Å². The van der Waals surface area contributed by atoms with Gasteiger partial charge < -0.3 is 19.9 Å². The minimum atomic E-state index is 0.431. The highest BCUT2D eigenvalue weighted by Gasteiger charge is 2.24. The van der Waals surface area contributed by atoms with Crippen LogP contribution in [0.15, 0.2) is 41.8 Å². The predicted molar refractivity (Wildman–Crippen MR) is 119 cm³/mol. The molecule has 0 atom stereocenters. The van der Waals surface area contributed by atoms with E-state index >= 15 is 0 Å². The SMILES string of the molecule is Cc1cccc(/C(N)=N/Nc2cc(N3CCOCC3)c3ncn(CC4CC4)c3n2)c1. The Bertz CT molecular complexity index is 1080. The molecule has 1 aromatic carbocycles. The van der Waals surface area contributed by atoms with Gasteiger partial charge in [-0.1, -0.05) is 23.8 Å². The molecular formula is C22H27N7O. The topological polar surface area (TPSA) is 93.6 Å². The minimum absolute atomic E-state index is 0.431. The van der Waals surface area contributed by atoms with Gasteiger partial charge in [0.1, 0.15) is 5.52 Å². The van der Waals surface area contributed by atoms with Gasteiger partial charge in [-0.05, 0) is 31.7 Å². The quantitative estimate of drug-likeness (QED) is 0.372. The number of imidazole rings is 1. The second kappa shape index (κ2) is 7.95. The molecule has 3 aromatic rings. The molecule has 0 spiro atoms. The standard InChI is InChI=1S/C22H27N7O/c1-15-3-2-4-17(11-15)21(23)27-26-19-12-18(28-7-9-30-10-8-28)20-22(25-19)29(14-24-20)13-16-5-6-16/h2-4,11-12,14,16H,5-10,13H2,1H3,(H2,23,27)(H,25,26). The number of hydrogen-bond donors (Lipinski definition) is 2. The van der Waals surface area contributed by atoms with Crippen LogP contribution < -0.4 is 16.1 Å². The van der Waals surface area contributed by atoms with Gasteiger partial charge in [-0.2, -0.15) is 5.10 Å². The zero-order valence-corrected chi connectivity index (χ0v) is 17.2. The highest BCUT2D eigenvalue weighted by atomic mass is 16.5. The number of nitrogens with zero attached hydrogens (tertiary/aromatic N) is 5. The number of hydrazone groups is 1. The number of nitrogens with two attached hydrogens (primary N) is 1. The van der Waals surface area contributed by atoms with Gasteiger partial charge in [-0.25, -0.2) is 9.97 Å². The fraction of sp³-hybridized carbons (Fsp3) is 0.409. The molecule has 8 nitrogen and oxygen atoms in total. The monoisotopic (exact) mass is 405 g/mol. The number of aromatic nitrogens is 3. The Balaban J connectivity index is 1.49. The van der Waals surface area contributed by atoms with Crippen LogP contribution in [0.4, 0.5) is 11.5 Å². The molecule has 0 radical (unpaired) electrons. The normalized spacial score (nSPS) is 17.5. The Kier molecular flexibility index (Phi) is 5.00. The number of rotatable bonds is 6. The lowest BCUT2D eigenvalue weighted by Gasteiger charge is -2.29. The van der Waals surface area contributed by atoms with E-state index in [0.29, 0.717) is 24.9 Å². The third-order valence-electron chi connectivity index (χ3n) is 5.66. The number of morpholine rings is 1. The first-order valence-electron chi connectivity index (χ1n) is 10.5. The summed E-state index contributed by atoms with van der Waals surface area (Å²) in [5, 5.41) is 4.40. The number of hydrogen-bond acceptors (Lipinski definition) is 6. The summed E-state index contributed by atoms with van der Waals surface area (Å²) in [5.74, 6) is 1.83. The van der Waals surface area contributed by atoms with Crippen molar-refractivity contribution in [2.75, 3.05) is 36.6 Å². The van der Waals surface area contributed by atoms with E-state index in [4.69, 9.17) is 20.4 Å². The number of anilines is 2. The number of aryl methyl sites for hydroxylation is 1. The summed E-state index contributed by atoms with van der Waals surface area (Å²) in [4.78, 5) is 11.8. The molecule has 1 aliphatic heterocycles. The molecule has 1 saturated carbocycles. The first-order valence-corrected chi connectivity index (χ1v) is 10.5. The summed E-state index contributed by atoms with van der Waals surface area (Å²) in [5.41, 5.74) is 14.2. The fourth-order valence-corrected chi connectivity index (χ4v) is 3.82. The summed E-state index contributed by atoms with van der Waals surface area (Å²) >= 11 is 0. The highest BCUT2D eigenvalue weighted by Crippen LogP contribution is 2.33. The number of fused-ring (bicyclic) bond motifs is 1. The van der Waals surface area contributed by atoms with Crippen LogP contribution in [0, 0.1) is 12.8 Å². The molecule has 1 saturated heterocycles. The predicted octanol–water partition coefficient (Wildman–Crippen LogP) is 2.72. The zero-order valence-electron chi connectivity index (χ0n) is 17.2. The summed E-state index contributed by atoms with van der Waals surface area (Å²) < 4.78 is 7.69. The molecular weight excluding hydrogens is 378 g/mol. The van der Waals surface area contributed by atoms with Crippen molar-refractivity contribution in [3.05, 3.63) is 47.8 Å². The first-order chi connectivity index (χ1) is 14.7. The Hall–Kier alpha value is -3.13. The molecule has 0 amide bonds. The van der Waals surface area contributed by atoms with Gasteiger partial charge in [0, 0.05) is 31.3 Å². The van der Waals surface area contributed by atoms with Crippen molar-refractivity contribution >= 4 is 28.5 Å². The van der Waals surface area contributed by atoms with Crippen LogP contribution in [-0.4, -0.2) is 46.7 Å². The summed E-state index contributed by atoms with van der Waals surface area (Å²) in [6.45, 7) is 6.10. The lowest BCUT2D eigenvalue weighted by molar-refractivity contribution is 0.123. The van der Waals surface area contributed by atoms with E-state index in [2.05, 4.69) is 20.0 Å². The van der Waals surface area contributed by atoms with Crippen molar-refractivity contribution in [1.29, 1.82) is 0 Å². The van der Waals surface area contributed by atoms with E-state index in [1.165, 1.54) is 12.8 Å². The number of ether oxygens (including phenoxy) is 1. The smallest absolute Gasteiger partial charge is 0.164 e. The third kappa shape index (κ3) is 3.95. The molecule has 2 aliphatic rings. The second-order valence-electron chi connectivity index (χ2n) is 8.12. The number of pyridine rings is 1. The maximum absolute atomic E-state index is 6.20. The van der Waals surface area contributed by atoms with Crippen LogP contribution in [0.3, 0.4) is 0 Å². The summed E-state index contributed by atoms with van der Waals surface area (Å²) in [6, 6.07) is 9.99. The van der Waals surface area contributed by atoms with E-state index in [-0.39, 0.29) is 0 Å². The number of amidine groups is 1. The van der Waals surface area contributed by atoms with Crippen molar-refractivity contribution in [2.24, 2.45) is 16.8 Å². The largest absolute Gasteiger partial charge is 0.382 e. The number of nitrogens with one attached hydrogen (secondary N) is 1. The van der Waals surface area contributed by atoms with Gasteiger partial charge in [0.05, 0.1) is 25.2 Å². The van der Waals surface area contributed by atoms with Gasteiger partial charge in [0.25, 0.3) is 0 Å². The molecule has 1 aliphatic carbocycles. The summed E-state index contributed by atoms with van der Waals surface area (Å²) in [6.07, 6.45) is 4.48. The molecule has 2 fully saturated rings. The Morgan fingerprint density at radius 3 is 2.87 bits per heavy atom. The Morgan fingerprint density at radius 2 is 2.10 bits per heavy atom.